The molecule has 0 saturated heterocycles. The number of halogens is 16. The number of hydrogen-bond acceptors (Lipinski definition) is 0. The van der Waals surface area contributed by atoms with E-state index in [2.05, 4.69) is 0 Å². The largest absolute Gasteiger partial charge is 0.460 e. The van der Waals surface area contributed by atoms with Crippen molar-refractivity contribution in [1.82, 2.24) is 0 Å². The van der Waals surface area contributed by atoms with Crippen molar-refractivity contribution in [3.05, 3.63) is 9.66 Å². The van der Waals surface area contributed by atoms with Crippen LogP contribution in [0.4, 0.5) is 65.9 Å². The van der Waals surface area contributed by atoms with Crippen LogP contribution in [0, 0.1) is 0 Å². The van der Waals surface area contributed by atoms with E-state index in [1.807, 2.05) is 0 Å². The Morgan fingerprint density at radius 2 is 0.792 bits per heavy atom. The first-order valence-corrected chi connectivity index (χ1v) is 5.85. The Morgan fingerprint density at radius 3 is 1.04 bits per heavy atom. The molecule has 16 heteroatoms. The first-order chi connectivity index (χ1) is 10.1. The molecule has 0 aliphatic carbocycles. The molecule has 0 radical (unpaired) electrons. The van der Waals surface area contributed by atoms with Crippen LogP contribution in [0.15, 0.2) is 9.66 Å². The third kappa shape index (κ3) is 3.02. The lowest BCUT2D eigenvalue weighted by molar-refractivity contribution is -0.437. The molecule has 0 bridgehead atoms. The molecule has 0 amide bonds. The molecule has 0 aromatic rings. The highest BCUT2D eigenvalue weighted by molar-refractivity contribution is 14.1. The summed E-state index contributed by atoms with van der Waals surface area (Å²) in [5.41, 5.74) is 0. The average molecular weight is 508 g/mol. The minimum absolute atomic E-state index is 0.124. The minimum atomic E-state index is -8.15. The normalized spacial score (nSPS) is 17.0. The number of allylic oxidation sites excluding steroid dienone is 1. The standard InChI is InChI=1S/C8F15I/c9-1(2(10)24)3(11,12)4(13,14)5(15,16)6(17,18)7(19,20)8(21,22)23/b2-1+. The van der Waals surface area contributed by atoms with E-state index in [1.165, 1.54) is 0 Å². The third-order valence-electron chi connectivity index (χ3n) is 2.37. The second kappa shape index (κ2) is 6.00. The lowest BCUT2D eigenvalue weighted by Crippen LogP contribution is -2.70. The second-order valence-corrected chi connectivity index (χ2v) is 4.89. The van der Waals surface area contributed by atoms with Crippen LogP contribution in [0.1, 0.15) is 0 Å². The quantitative estimate of drug-likeness (QED) is 0.304. The molecule has 0 aliphatic rings. The van der Waals surface area contributed by atoms with Gasteiger partial charge in [-0.1, -0.05) is 0 Å². The fraction of sp³-hybridized carbons (Fsp3) is 0.750. The van der Waals surface area contributed by atoms with Gasteiger partial charge in [-0.15, -0.1) is 0 Å². The zero-order valence-corrected chi connectivity index (χ0v) is 12.2. The lowest BCUT2D eigenvalue weighted by Gasteiger charge is -2.39. The molecule has 0 saturated carbocycles. The van der Waals surface area contributed by atoms with Gasteiger partial charge in [-0.05, 0) is 22.6 Å². The Morgan fingerprint density at radius 1 is 0.500 bits per heavy atom. The maximum absolute atomic E-state index is 12.9. The maximum atomic E-state index is 12.9. The number of rotatable bonds is 5. The fourth-order valence-corrected chi connectivity index (χ4v) is 1.36. The van der Waals surface area contributed by atoms with Gasteiger partial charge < -0.3 is 0 Å². The van der Waals surface area contributed by atoms with Gasteiger partial charge in [0, 0.05) is 0 Å². The van der Waals surface area contributed by atoms with E-state index < -0.39 is 45.4 Å². The van der Waals surface area contributed by atoms with E-state index in [-0.39, 0.29) is 22.6 Å². The molecular weight excluding hydrogens is 508 g/mol. The van der Waals surface area contributed by atoms with Crippen LogP contribution in [-0.4, -0.2) is 35.8 Å². The van der Waals surface area contributed by atoms with Gasteiger partial charge in [0.2, 0.25) is 5.83 Å². The van der Waals surface area contributed by atoms with Crippen molar-refractivity contribution in [3.8, 4) is 0 Å². The van der Waals surface area contributed by atoms with Crippen molar-refractivity contribution in [2.45, 2.75) is 35.8 Å². The van der Waals surface area contributed by atoms with Crippen molar-refractivity contribution in [1.29, 1.82) is 0 Å². The van der Waals surface area contributed by atoms with Gasteiger partial charge in [-0.25, -0.2) is 4.39 Å². The molecule has 0 heterocycles. The molecule has 0 aliphatic heterocycles. The van der Waals surface area contributed by atoms with Gasteiger partial charge in [0.1, 0.15) is 0 Å². The highest BCUT2D eigenvalue weighted by Crippen LogP contribution is 2.61. The van der Waals surface area contributed by atoms with E-state index in [9.17, 15) is 65.9 Å². The minimum Gasteiger partial charge on any atom is -0.201 e. The van der Waals surface area contributed by atoms with Gasteiger partial charge >= 0.3 is 35.8 Å². The summed E-state index contributed by atoms with van der Waals surface area (Å²) < 4.78 is 184. The Hall–Kier alpha value is -0.580. The number of alkyl halides is 13. The van der Waals surface area contributed by atoms with Crippen molar-refractivity contribution >= 4 is 22.6 Å². The predicted octanol–water partition coefficient (Wildman–Crippen LogP) is 6.27. The lowest BCUT2D eigenvalue weighted by atomic mass is 9.93. The van der Waals surface area contributed by atoms with Crippen LogP contribution < -0.4 is 0 Å². The first-order valence-electron chi connectivity index (χ1n) is 4.77. The summed E-state index contributed by atoms with van der Waals surface area (Å²) in [4.78, 5) is 0. The Labute approximate surface area is 134 Å². The molecule has 0 nitrogen and oxygen atoms in total. The van der Waals surface area contributed by atoms with Gasteiger partial charge in [-0.2, -0.15) is 61.5 Å². The van der Waals surface area contributed by atoms with Crippen molar-refractivity contribution in [3.63, 3.8) is 0 Å². The molecule has 0 aromatic carbocycles. The fourth-order valence-electron chi connectivity index (χ4n) is 1.03. The highest BCUT2D eigenvalue weighted by atomic mass is 127. The molecule has 0 unspecified atom stereocenters. The van der Waals surface area contributed by atoms with Gasteiger partial charge in [0.25, 0.3) is 0 Å². The summed E-state index contributed by atoms with van der Waals surface area (Å²) in [5.74, 6) is -43.3. The summed E-state index contributed by atoms with van der Waals surface area (Å²) in [6.07, 6.45) is -7.56. The van der Waals surface area contributed by atoms with Crippen LogP contribution in [0.25, 0.3) is 0 Å². The molecule has 0 spiro atoms. The maximum Gasteiger partial charge on any atom is 0.460 e. The molecular formula is C8F15I. The molecule has 0 rings (SSSR count). The van der Waals surface area contributed by atoms with Crippen LogP contribution in [0.2, 0.25) is 0 Å². The zero-order chi connectivity index (χ0) is 20.2. The smallest absolute Gasteiger partial charge is 0.201 e. The van der Waals surface area contributed by atoms with Gasteiger partial charge in [0.15, 0.2) is 3.83 Å². The first kappa shape index (κ1) is 23.4. The van der Waals surface area contributed by atoms with Crippen LogP contribution in [0.3, 0.4) is 0 Å². The average Bonchev–Trinajstić information content (AvgIpc) is 2.35. The Balaban J connectivity index is 6.47. The van der Waals surface area contributed by atoms with Crippen molar-refractivity contribution < 1.29 is 65.9 Å². The monoisotopic (exact) mass is 508 g/mol. The van der Waals surface area contributed by atoms with Crippen LogP contribution >= 0.6 is 22.6 Å². The molecule has 0 atom stereocenters. The van der Waals surface area contributed by atoms with Gasteiger partial charge in [-0.3, -0.25) is 0 Å². The van der Waals surface area contributed by atoms with E-state index in [1.54, 1.807) is 0 Å². The van der Waals surface area contributed by atoms with Crippen LogP contribution in [-0.2, 0) is 0 Å². The van der Waals surface area contributed by atoms with E-state index >= 15 is 0 Å². The van der Waals surface area contributed by atoms with E-state index in [0.717, 1.165) is 0 Å². The van der Waals surface area contributed by atoms with E-state index in [4.69, 9.17) is 0 Å². The predicted molar refractivity (Wildman–Crippen MR) is 54.1 cm³/mol. The molecule has 0 N–H and O–H groups in total. The molecule has 24 heavy (non-hydrogen) atoms. The topological polar surface area (TPSA) is 0 Å². The molecule has 0 aromatic heterocycles. The highest BCUT2D eigenvalue weighted by Gasteiger charge is 2.91. The van der Waals surface area contributed by atoms with Gasteiger partial charge in [0.05, 0.1) is 0 Å². The summed E-state index contributed by atoms with van der Waals surface area (Å²) in [7, 11) is 0. The number of hydrogen-bond donors (Lipinski definition) is 0. The van der Waals surface area contributed by atoms with Crippen molar-refractivity contribution in [2.24, 2.45) is 0 Å². The summed E-state index contributed by atoms with van der Waals surface area (Å²) in [5, 5.41) is 0. The zero-order valence-electron chi connectivity index (χ0n) is 10.0. The second-order valence-electron chi connectivity index (χ2n) is 3.94. The van der Waals surface area contributed by atoms with E-state index in [0.29, 0.717) is 0 Å². The van der Waals surface area contributed by atoms with Crippen LogP contribution in [0.5, 0.6) is 0 Å². The Bertz CT molecular complexity index is 508. The summed E-state index contributed by atoms with van der Waals surface area (Å²) in [6, 6.07) is 0. The molecule has 0 fully saturated rings. The SMILES string of the molecule is F/C(I)=C(\F)C(F)(F)C(F)(F)C(F)(F)C(F)(F)C(F)(F)C(F)(F)F. The Kier molecular flexibility index (Phi) is 5.85. The third-order valence-corrected chi connectivity index (χ3v) is 2.85. The molecule has 144 valence electrons. The van der Waals surface area contributed by atoms with Crippen molar-refractivity contribution in [2.75, 3.05) is 0 Å². The summed E-state index contributed by atoms with van der Waals surface area (Å²) >= 11 is -0.124. The summed E-state index contributed by atoms with van der Waals surface area (Å²) in [6.45, 7) is 0.